The van der Waals surface area contributed by atoms with Crippen LogP contribution in [0.4, 0.5) is 11.4 Å². The first-order valence-electron chi connectivity index (χ1n) is 5.83. The Balaban J connectivity index is 2.63. The minimum Gasteiger partial charge on any atom is -0.374 e. The summed E-state index contributed by atoms with van der Waals surface area (Å²) < 4.78 is 0. The van der Waals surface area contributed by atoms with Crippen molar-refractivity contribution in [3.05, 3.63) is 34.4 Å². The van der Waals surface area contributed by atoms with Crippen molar-refractivity contribution in [1.29, 1.82) is 0 Å². The molecular formula is C12H17N3O3. The summed E-state index contributed by atoms with van der Waals surface area (Å²) in [6.07, 6.45) is 0.870. The third kappa shape index (κ3) is 4.04. The summed E-state index contributed by atoms with van der Waals surface area (Å²) in [5.41, 5.74) is 0.560. The summed E-state index contributed by atoms with van der Waals surface area (Å²) in [7, 11) is 0. The van der Waals surface area contributed by atoms with Gasteiger partial charge in [-0.05, 0) is 19.4 Å². The molecule has 0 bridgehead atoms. The Hall–Kier alpha value is -2.11. The number of nitrogens with zero attached hydrogens (tertiary/aromatic N) is 1. The van der Waals surface area contributed by atoms with Gasteiger partial charge in [0.2, 0.25) is 5.91 Å². The molecular weight excluding hydrogens is 234 g/mol. The molecule has 1 aromatic carbocycles. The van der Waals surface area contributed by atoms with E-state index in [-0.39, 0.29) is 11.6 Å². The number of nitro benzene ring substituents is 1. The fourth-order valence-electron chi connectivity index (χ4n) is 1.43. The zero-order chi connectivity index (χ0) is 13.5. The highest BCUT2D eigenvalue weighted by Gasteiger charge is 2.13. The number of hydrogen-bond acceptors (Lipinski definition) is 4. The van der Waals surface area contributed by atoms with Gasteiger partial charge in [0.15, 0.2) is 0 Å². The number of nitrogens with one attached hydrogen (secondary N) is 2. The number of carbonyl (C=O) groups is 1. The van der Waals surface area contributed by atoms with Crippen LogP contribution in [0.2, 0.25) is 0 Å². The SMILES string of the molecule is CCCNC(=O)C(C)Nc1cccc([N+](=O)[O-])c1. The number of carbonyl (C=O) groups excluding carboxylic acids is 1. The lowest BCUT2D eigenvalue weighted by Gasteiger charge is -2.14. The van der Waals surface area contributed by atoms with Gasteiger partial charge in [0.1, 0.15) is 6.04 Å². The van der Waals surface area contributed by atoms with Gasteiger partial charge in [-0.25, -0.2) is 0 Å². The normalized spacial score (nSPS) is 11.7. The van der Waals surface area contributed by atoms with E-state index >= 15 is 0 Å². The molecule has 18 heavy (non-hydrogen) atoms. The predicted molar refractivity (Wildman–Crippen MR) is 69.5 cm³/mol. The van der Waals surface area contributed by atoms with Gasteiger partial charge in [0, 0.05) is 24.4 Å². The van der Waals surface area contributed by atoms with Gasteiger partial charge < -0.3 is 10.6 Å². The Morgan fingerprint density at radius 2 is 2.22 bits per heavy atom. The van der Waals surface area contributed by atoms with E-state index in [0.29, 0.717) is 12.2 Å². The first-order valence-corrected chi connectivity index (χ1v) is 5.83. The molecule has 0 radical (unpaired) electrons. The van der Waals surface area contributed by atoms with Gasteiger partial charge in [-0.3, -0.25) is 14.9 Å². The van der Waals surface area contributed by atoms with Crippen LogP contribution in [0.5, 0.6) is 0 Å². The number of amides is 1. The smallest absolute Gasteiger partial charge is 0.271 e. The monoisotopic (exact) mass is 251 g/mol. The van der Waals surface area contributed by atoms with E-state index in [9.17, 15) is 14.9 Å². The molecule has 0 fully saturated rings. The average Bonchev–Trinajstić information content (AvgIpc) is 2.36. The molecule has 0 saturated carbocycles. The molecule has 0 aliphatic rings. The van der Waals surface area contributed by atoms with Crippen LogP contribution in [0.3, 0.4) is 0 Å². The van der Waals surface area contributed by atoms with E-state index in [1.165, 1.54) is 12.1 Å². The summed E-state index contributed by atoms with van der Waals surface area (Å²) >= 11 is 0. The molecule has 6 heteroatoms. The summed E-state index contributed by atoms with van der Waals surface area (Å²) in [6.45, 7) is 4.31. The molecule has 1 unspecified atom stereocenters. The number of non-ortho nitro benzene ring substituents is 1. The van der Waals surface area contributed by atoms with E-state index < -0.39 is 11.0 Å². The first kappa shape index (κ1) is 14.0. The van der Waals surface area contributed by atoms with E-state index in [4.69, 9.17) is 0 Å². The van der Waals surface area contributed by atoms with Crippen molar-refractivity contribution in [2.45, 2.75) is 26.3 Å². The molecule has 0 heterocycles. The molecule has 0 aliphatic heterocycles. The minimum absolute atomic E-state index is 0.00108. The van der Waals surface area contributed by atoms with E-state index in [1.807, 2.05) is 6.92 Å². The predicted octanol–water partition coefficient (Wildman–Crippen LogP) is 1.92. The number of anilines is 1. The van der Waals surface area contributed by atoms with Crippen LogP contribution in [0.25, 0.3) is 0 Å². The molecule has 0 aliphatic carbocycles. The lowest BCUT2D eigenvalue weighted by molar-refractivity contribution is -0.384. The van der Waals surface area contributed by atoms with Crippen LogP contribution in [0, 0.1) is 10.1 Å². The van der Waals surface area contributed by atoms with Crippen LogP contribution in [0.15, 0.2) is 24.3 Å². The van der Waals surface area contributed by atoms with Gasteiger partial charge in [-0.1, -0.05) is 13.0 Å². The van der Waals surface area contributed by atoms with Crippen molar-refractivity contribution in [1.82, 2.24) is 5.32 Å². The van der Waals surface area contributed by atoms with Crippen molar-refractivity contribution in [3.63, 3.8) is 0 Å². The van der Waals surface area contributed by atoms with Crippen LogP contribution in [0.1, 0.15) is 20.3 Å². The third-order valence-corrected chi connectivity index (χ3v) is 2.38. The van der Waals surface area contributed by atoms with E-state index in [0.717, 1.165) is 6.42 Å². The van der Waals surface area contributed by atoms with Crippen molar-refractivity contribution in [2.24, 2.45) is 0 Å². The lowest BCUT2D eigenvalue weighted by atomic mass is 10.2. The van der Waals surface area contributed by atoms with Gasteiger partial charge in [-0.2, -0.15) is 0 Å². The van der Waals surface area contributed by atoms with Gasteiger partial charge >= 0.3 is 0 Å². The zero-order valence-electron chi connectivity index (χ0n) is 10.5. The van der Waals surface area contributed by atoms with E-state index in [2.05, 4.69) is 10.6 Å². The minimum atomic E-state index is -0.465. The largest absolute Gasteiger partial charge is 0.374 e. The Morgan fingerprint density at radius 1 is 1.50 bits per heavy atom. The molecule has 1 amide bonds. The lowest BCUT2D eigenvalue weighted by Crippen LogP contribution is -2.37. The molecule has 1 aromatic rings. The summed E-state index contributed by atoms with van der Waals surface area (Å²) in [4.78, 5) is 21.8. The Bertz CT molecular complexity index is 434. The van der Waals surface area contributed by atoms with Crippen molar-refractivity contribution in [3.8, 4) is 0 Å². The topological polar surface area (TPSA) is 84.3 Å². The molecule has 0 spiro atoms. The number of benzene rings is 1. The molecule has 6 nitrogen and oxygen atoms in total. The maximum absolute atomic E-state index is 11.6. The van der Waals surface area contributed by atoms with Crippen molar-refractivity contribution >= 4 is 17.3 Å². The quantitative estimate of drug-likeness (QED) is 0.597. The second kappa shape index (κ2) is 6.58. The second-order valence-electron chi connectivity index (χ2n) is 3.96. The third-order valence-electron chi connectivity index (χ3n) is 2.38. The fraction of sp³-hybridized carbons (Fsp3) is 0.417. The number of hydrogen-bond donors (Lipinski definition) is 2. The molecule has 1 atom stereocenters. The molecule has 0 aromatic heterocycles. The van der Waals surface area contributed by atoms with Gasteiger partial charge in [0.05, 0.1) is 4.92 Å². The summed E-state index contributed by atoms with van der Waals surface area (Å²) in [6, 6.07) is 5.66. The van der Waals surface area contributed by atoms with Gasteiger partial charge in [0.25, 0.3) is 5.69 Å². The highest BCUT2D eigenvalue weighted by molar-refractivity contribution is 5.84. The highest BCUT2D eigenvalue weighted by atomic mass is 16.6. The average molecular weight is 251 g/mol. The van der Waals surface area contributed by atoms with Crippen molar-refractivity contribution in [2.75, 3.05) is 11.9 Å². The Kier molecular flexibility index (Phi) is 5.10. The van der Waals surface area contributed by atoms with Crippen molar-refractivity contribution < 1.29 is 9.72 Å². The first-order chi connectivity index (χ1) is 8.54. The van der Waals surface area contributed by atoms with Crippen LogP contribution in [-0.4, -0.2) is 23.4 Å². The molecule has 1 rings (SSSR count). The highest BCUT2D eigenvalue weighted by Crippen LogP contribution is 2.17. The summed E-state index contributed by atoms with van der Waals surface area (Å²) in [5.74, 6) is -0.122. The van der Waals surface area contributed by atoms with Crippen LogP contribution < -0.4 is 10.6 Å². The standard InChI is InChI=1S/C12H17N3O3/c1-3-7-13-12(16)9(2)14-10-5-4-6-11(8-10)15(17)18/h4-6,8-9,14H,3,7H2,1-2H3,(H,13,16). The van der Waals surface area contributed by atoms with E-state index in [1.54, 1.807) is 19.1 Å². The van der Waals surface area contributed by atoms with Gasteiger partial charge in [-0.15, -0.1) is 0 Å². The number of rotatable bonds is 6. The molecule has 0 saturated heterocycles. The van der Waals surface area contributed by atoms with Crippen LogP contribution >= 0.6 is 0 Å². The Labute approximate surface area is 106 Å². The number of nitro groups is 1. The second-order valence-corrected chi connectivity index (χ2v) is 3.96. The summed E-state index contributed by atoms with van der Waals surface area (Å²) in [5, 5.41) is 16.3. The fourth-order valence-corrected chi connectivity index (χ4v) is 1.43. The zero-order valence-corrected chi connectivity index (χ0v) is 10.5. The van der Waals surface area contributed by atoms with Crippen LogP contribution in [-0.2, 0) is 4.79 Å². The maximum Gasteiger partial charge on any atom is 0.271 e. The maximum atomic E-state index is 11.6. The molecule has 2 N–H and O–H groups in total. The Morgan fingerprint density at radius 3 is 2.83 bits per heavy atom. The molecule has 98 valence electrons.